The Morgan fingerprint density at radius 1 is 1.04 bits per heavy atom. The second kappa shape index (κ2) is 7.15. The third-order valence-electron chi connectivity index (χ3n) is 6.07. The zero-order valence-corrected chi connectivity index (χ0v) is 15.0. The van der Waals surface area contributed by atoms with Crippen molar-refractivity contribution in [2.45, 2.75) is 36.8 Å². The molecule has 2 nitrogen and oxygen atoms in total. The van der Waals surface area contributed by atoms with Gasteiger partial charge in [0.1, 0.15) is 0 Å². The Bertz CT molecular complexity index is 711. The molecule has 2 aromatic carbocycles. The number of allylic oxidation sites excluding steroid dienone is 1. The Morgan fingerprint density at radius 3 is 2.48 bits per heavy atom. The highest BCUT2D eigenvalue weighted by atomic mass is 16.5. The van der Waals surface area contributed by atoms with Crippen molar-refractivity contribution >= 4 is 0 Å². The Morgan fingerprint density at radius 2 is 1.76 bits per heavy atom. The van der Waals surface area contributed by atoms with Crippen LogP contribution in [0.4, 0.5) is 0 Å². The third-order valence-corrected chi connectivity index (χ3v) is 6.07. The van der Waals surface area contributed by atoms with E-state index in [4.69, 9.17) is 4.74 Å². The van der Waals surface area contributed by atoms with Crippen molar-refractivity contribution in [3.05, 3.63) is 83.9 Å². The monoisotopic (exact) mass is 333 g/mol. The van der Waals surface area contributed by atoms with Crippen LogP contribution in [0.25, 0.3) is 0 Å². The van der Waals surface area contributed by atoms with Crippen LogP contribution >= 0.6 is 0 Å². The van der Waals surface area contributed by atoms with Gasteiger partial charge in [-0.3, -0.25) is 4.90 Å². The highest BCUT2D eigenvalue weighted by Gasteiger charge is 2.49. The number of nitrogens with zero attached hydrogens (tertiary/aromatic N) is 1. The van der Waals surface area contributed by atoms with Crippen LogP contribution in [-0.4, -0.2) is 31.2 Å². The molecule has 2 aliphatic rings. The molecule has 0 radical (unpaired) electrons. The van der Waals surface area contributed by atoms with E-state index in [-0.39, 0.29) is 5.41 Å². The molecular weight excluding hydrogens is 306 g/mol. The van der Waals surface area contributed by atoms with Crippen molar-refractivity contribution in [1.29, 1.82) is 0 Å². The first kappa shape index (κ1) is 16.6. The van der Waals surface area contributed by atoms with E-state index < -0.39 is 0 Å². The first-order valence-electron chi connectivity index (χ1n) is 9.37. The summed E-state index contributed by atoms with van der Waals surface area (Å²) in [5.74, 6) is 0. The van der Waals surface area contributed by atoms with Crippen molar-refractivity contribution in [2.24, 2.45) is 0 Å². The number of methoxy groups -OCH3 is 1. The van der Waals surface area contributed by atoms with Gasteiger partial charge in [0.2, 0.25) is 0 Å². The topological polar surface area (TPSA) is 12.5 Å². The first-order chi connectivity index (χ1) is 12.3. The van der Waals surface area contributed by atoms with Gasteiger partial charge < -0.3 is 4.74 Å². The van der Waals surface area contributed by atoms with E-state index in [1.54, 1.807) is 0 Å². The van der Waals surface area contributed by atoms with Gasteiger partial charge in [-0.05, 0) is 30.4 Å². The Labute approximate surface area is 151 Å². The molecule has 2 heteroatoms. The van der Waals surface area contributed by atoms with Gasteiger partial charge in [0, 0.05) is 25.1 Å². The zero-order valence-electron chi connectivity index (χ0n) is 15.0. The summed E-state index contributed by atoms with van der Waals surface area (Å²) in [6, 6.07) is 22.7. The van der Waals surface area contributed by atoms with Crippen LogP contribution in [0.5, 0.6) is 0 Å². The van der Waals surface area contributed by atoms with Crippen LogP contribution in [0.2, 0.25) is 0 Å². The molecule has 130 valence electrons. The summed E-state index contributed by atoms with van der Waals surface area (Å²) in [4.78, 5) is 2.67. The number of rotatable bonds is 5. The molecule has 4 rings (SSSR count). The normalized spacial score (nSPS) is 27.2. The molecule has 1 heterocycles. The molecule has 25 heavy (non-hydrogen) atoms. The average molecular weight is 333 g/mol. The lowest BCUT2D eigenvalue weighted by atomic mass is 9.68. The molecule has 0 spiro atoms. The maximum absolute atomic E-state index is 5.62. The maximum Gasteiger partial charge on any atom is 0.0660 e. The summed E-state index contributed by atoms with van der Waals surface area (Å²) in [5, 5.41) is 0. The fourth-order valence-electron chi connectivity index (χ4n) is 4.86. The van der Waals surface area contributed by atoms with Gasteiger partial charge in [0.05, 0.1) is 12.6 Å². The largest absolute Gasteiger partial charge is 0.383 e. The minimum Gasteiger partial charge on any atom is -0.383 e. The molecule has 0 amide bonds. The summed E-state index contributed by atoms with van der Waals surface area (Å²) in [7, 11) is 1.81. The molecule has 1 aliphatic heterocycles. The predicted octanol–water partition coefficient (Wildman–Crippen LogP) is 4.74. The number of hydrogen-bond donors (Lipinski definition) is 0. The average Bonchev–Trinajstić information content (AvgIpc) is 3.08. The van der Waals surface area contributed by atoms with Crippen molar-refractivity contribution < 1.29 is 4.74 Å². The molecule has 0 bridgehead atoms. The summed E-state index contributed by atoms with van der Waals surface area (Å²) in [6.07, 6.45) is 8.47. The van der Waals surface area contributed by atoms with Crippen molar-refractivity contribution in [2.75, 3.05) is 20.3 Å². The zero-order chi connectivity index (χ0) is 17.1. The number of benzene rings is 2. The molecule has 1 fully saturated rings. The molecule has 0 aromatic heterocycles. The van der Waals surface area contributed by atoms with Gasteiger partial charge in [-0.2, -0.15) is 0 Å². The van der Waals surface area contributed by atoms with Crippen LogP contribution < -0.4 is 0 Å². The third kappa shape index (κ3) is 2.94. The van der Waals surface area contributed by atoms with Crippen molar-refractivity contribution in [1.82, 2.24) is 4.90 Å². The van der Waals surface area contributed by atoms with E-state index in [1.165, 1.54) is 30.4 Å². The van der Waals surface area contributed by atoms with Gasteiger partial charge in [-0.15, -0.1) is 0 Å². The van der Waals surface area contributed by atoms with Crippen LogP contribution in [0, 0.1) is 0 Å². The van der Waals surface area contributed by atoms with Crippen LogP contribution in [0.3, 0.4) is 0 Å². The standard InChI is InChI=1S/C23H27NO/c1-25-18-21(19-10-4-2-5-11-19)24-17-16-23(15-9-8-14-22(23)24)20-12-6-3-7-13-20/h2-8,10-14,21-22H,9,15-18H2,1H3/t21-,22+,23+/m0/s1. The van der Waals surface area contributed by atoms with Gasteiger partial charge in [-0.25, -0.2) is 0 Å². The lowest BCUT2D eigenvalue weighted by Crippen LogP contribution is -2.45. The second-order valence-corrected chi connectivity index (χ2v) is 7.30. The number of fused-ring (bicyclic) bond motifs is 1. The fraction of sp³-hybridized carbons (Fsp3) is 0.391. The Hall–Kier alpha value is -1.90. The molecule has 1 aliphatic carbocycles. The molecule has 2 aromatic rings. The Balaban J connectivity index is 1.71. The molecule has 0 N–H and O–H groups in total. The maximum atomic E-state index is 5.62. The number of ether oxygens (including phenoxy) is 1. The van der Waals surface area contributed by atoms with E-state index in [0.29, 0.717) is 12.1 Å². The molecule has 0 unspecified atom stereocenters. The van der Waals surface area contributed by atoms with Gasteiger partial charge in [0.15, 0.2) is 0 Å². The fourth-order valence-corrected chi connectivity index (χ4v) is 4.86. The number of likely N-dealkylation sites (tertiary alicyclic amines) is 1. The highest BCUT2D eigenvalue weighted by molar-refractivity contribution is 5.35. The van der Waals surface area contributed by atoms with Crippen LogP contribution in [-0.2, 0) is 10.2 Å². The van der Waals surface area contributed by atoms with Gasteiger partial charge >= 0.3 is 0 Å². The van der Waals surface area contributed by atoms with Crippen LogP contribution in [0.1, 0.15) is 36.4 Å². The highest BCUT2D eigenvalue weighted by Crippen LogP contribution is 2.49. The summed E-state index contributed by atoms with van der Waals surface area (Å²) < 4.78 is 5.62. The number of hydrogen-bond acceptors (Lipinski definition) is 2. The quantitative estimate of drug-likeness (QED) is 0.733. The lowest BCUT2D eigenvalue weighted by Gasteiger charge is -2.42. The summed E-state index contributed by atoms with van der Waals surface area (Å²) in [5.41, 5.74) is 3.10. The predicted molar refractivity (Wildman–Crippen MR) is 103 cm³/mol. The molecule has 3 atom stereocenters. The SMILES string of the molecule is COC[C@@H](c1ccccc1)N1CC[C@@]2(c3ccccc3)CCC=C[C@@H]12. The van der Waals surface area contributed by atoms with E-state index in [0.717, 1.165) is 13.2 Å². The van der Waals surface area contributed by atoms with E-state index in [9.17, 15) is 0 Å². The Kier molecular flexibility index (Phi) is 4.74. The first-order valence-corrected chi connectivity index (χ1v) is 9.37. The minimum absolute atomic E-state index is 0.247. The van der Waals surface area contributed by atoms with Crippen LogP contribution in [0.15, 0.2) is 72.8 Å². The van der Waals surface area contributed by atoms with E-state index in [1.807, 2.05) is 7.11 Å². The smallest absolute Gasteiger partial charge is 0.0660 e. The van der Waals surface area contributed by atoms with E-state index in [2.05, 4.69) is 77.7 Å². The molecule has 1 saturated heterocycles. The summed E-state index contributed by atoms with van der Waals surface area (Å²) in [6.45, 7) is 1.85. The molecular formula is C23H27NO. The van der Waals surface area contributed by atoms with E-state index >= 15 is 0 Å². The minimum atomic E-state index is 0.247. The van der Waals surface area contributed by atoms with Crippen molar-refractivity contribution in [3.63, 3.8) is 0 Å². The van der Waals surface area contributed by atoms with Crippen molar-refractivity contribution in [3.8, 4) is 0 Å². The van der Waals surface area contributed by atoms with Gasteiger partial charge in [0.25, 0.3) is 0 Å². The molecule has 0 saturated carbocycles. The lowest BCUT2D eigenvalue weighted by molar-refractivity contribution is 0.0814. The summed E-state index contributed by atoms with van der Waals surface area (Å²) >= 11 is 0. The van der Waals surface area contributed by atoms with Gasteiger partial charge in [-0.1, -0.05) is 72.8 Å². The second-order valence-electron chi connectivity index (χ2n) is 7.30.